The van der Waals surface area contributed by atoms with Gasteiger partial charge in [-0.2, -0.15) is 5.10 Å². The van der Waals surface area contributed by atoms with Crippen LogP contribution in [0, 0.1) is 0 Å². The van der Waals surface area contributed by atoms with E-state index >= 15 is 0 Å². The fraction of sp³-hybridized carbons (Fsp3) is 0.222. The molecule has 6 nitrogen and oxygen atoms in total. The highest BCUT2D eigenvalue weighted by Crippen LogP contribution is 2.16. The minimum absolute atomic E-state index is 0.123. The van der Waals surface area contributed by atoms with Crippen LogP contribution in [0.5, 0.6) is 0 Å². The number of rotatable bonds is 3. The van der Waals surface area contributed by atoms with E-state index in [0.29, 0.717) is 11.6 Å². The number of nitrogens with two attached hydrogens (primary N) is 1. The molecule has 0 saturated heterocycles. The van der Waals surface area contributed by atoms with E-state index in [1.807, 2.05) is 13.1 Å². The highest BCUT2D eigenvalue weighted by atomic mass is 15.1. The first-order valence-corrected chi connectivity index (χ1v) is 4.58. The highest BCUT2D eigenvalue weighted by Gasteiger charge is 2.06. The Labute approximate surface area is 86.9 Å². The quantitative estimate of drug-likeness (QED) is 0.692. The van der Waals surface area contributed by atoms with Crippen LogP contribution in [0.25, 0.3) is 0 Å². The molecule has 15 heavy (non-hydrogen) atoms. The van der Waals surface area contributed by atoms with Gasteiger partial charge in [-0.05, 0) is 6.92 Å². The molecule has 2 rings (SSSR count). The maximum atomic E-state index is 5.54. The van der Waals surface area contributed by atoms with Gasteiger partial charge in [-0.3, -0.25) is 5.10 Å². The third-order valence-electron chi connectivity index (χ3n) is 2.07. The van der Waals surface area contributed by atoms with Crippen LogP contribution in [0.4, 0.5) is 11.6 Å². The largest absolute Gasteiger partial charge is 0.384 e. The van der Waals surface area contributed by atoms with Crippen LogP contribution in [0.2, 0.25) is 0 Å². The Balaban J connectivity index is 2.09. The second-order valence-corrected chi connectivity index (χ2v) is 3.23. The van der Waals surface area contributed by atoms with Gasteiger partial charge in [0.1, 0.15) is 18.0 Å². The van der Waals surface area contributed by atoms with Gasteiger partial charge >= 0.3 is 0 Å². The predicted octanol–water partition coefficient (Wildman–Crippen LogP) is 0.955. The van der Waals surface area contributed by atoms with Crippen molar-refractivity contribution in [2.24, 2.45) is 0 Å². The van der Waals surface area contributed by atoms with E-state index in [9.17, 15) is 0 Å². The number of H-pyrrole nitrogens is 1. The summed E-state index contributed by atoms with van der Waals surface area (Å²) in [6, 6.07) is 1.81. The van der Waals surface area contributed by atoms with Crippen molar-refractivity contribution in [3.63, 3.8) is 0 Å². The number of aromatic nitrogens is 4. The van der Waals surface area contributed by atoms with Crippen molar-refractivity contribution in [1.29, 1.82) is 0 Å². The standard InChI is InChI=1S/C9H12N6/c1-6(7-3-13-14-4-7)15-9-2-8(10)11-5-12-9/h2-6H,1H3,(H,13,14)(H3,10,11,12,15). The fourth-order valence-electron chi connectivity index (χ4n) is 1.25. The summed E-state index contributed by atoms with van der Waals surface area (Å²) in [5, 5.41) is 9.83. The number of nitrogen functional groups attached to an aromatic ring is 1. The summed E-state index contributed by atoms with van der Waals surface area (Å²) in [5.74, 6) is 1.16. The normalized spacial score (nSPS) is 12.3. The molecule has 0 aliphatic carbocycles. The average molecular weight is 204 g/mol. The van der Waals surface area contributed by atoms with Crippen LogP contribution in [0.15, 0.2) is 24.8 Å². The maximum Gasteiger partial charge on any atom is 0.131 e. The van der Waals surface area contributed by atoms with Gasteiger partial charge in [0.25, 0.3) is 0 Å². The Bertz CT molecular complexity index is 424. The van der Waals surface area contributed by atoms with Crippen molar-refractivity contribution in [3.05, 3.63) is 30.4 Å². The van der Waals surface area contributed by atoms with E-state index < -0.39 is 0 Å². The van der Waals surface area contributed by atoms with E-state index in [2.05, 4.69) is 25.5 Å². The lowest BCUT2D eigenvalue weighted by atomic mass is 10.2. The summed E-state index contributed by atoms with van der Waals surface area (Å²) < 4.78 is 0. The lowest BCUT2D eigenvalue weighted by Crippen LogP contribution is -2.07. The average Bonchev–Trinajstić information content (AvgIpc) is 2.70. The number of nitrogens with one attached hydrogen (secondary N) is 2. The van der Waals surface area contributed by atoms with Crippen LogP contribution in [-0.2, 0) is 0 Å². The molecule has 2 aromatic heterocycles. The highest BCUT2D eigenvalue weighted by molar-refractivity contribution is 5.44. The molecular formula is C9H12N6. The molecule has 0 aliphatic heterocycles. The van der Waals surface area contributed by atoms with E-state index in [4.69, 9.17) is 5.73 Å². The Morgan fingerprint density at radius 1 is 1.47 bits per heavy atom. The van der Waals surface area contributed by atoms with Crippen molar-refractivity contribution in [3.8, 4) is 0 Å². The summed E-state index contributed by atoms with van der Waals surface area (Å²) >= 11 is 0. The van der Waals surface area contributed by atoms with Crippen LogP contribution < -0.4 is 11.1 Å². The Morgan fingerprint density at radius 2 is 2.33 bits per heavy atom. The second-order valence-electron chi connectivity index (χ2n) is 3.23. The first-order valence-electron chi connectivity index (χ1n) is 4.58. The smallest absolute Gasteiger partial charge is 0.131 e. The minimum atomic E-state index is 0.123. The first kappa shape index (κ1) is 9.45. The van der Waals surface area contributed by atoms with Crippen LogP contribution in [0.1, 0.15) is 18.5 Å². The number of anilines is 2. The minimum Gasteiger partial charge on any atom is -0.384 e. The molecule has 0 aromatic carbocycles. The van der Waals surface area contributed by atoms with E-state index in [-0.39, 0.29) is 6.04 Å². The van der Waals surface area contributed by atoms with Crippen molar-refractivity contribution in [2.45, 2.75) is 13.0 Å². The van der Waals surface area contributed by atoms with Gasteiger partial charge < -0.3 is 11.1 Å². The van der Waals surface area contributed by atoms with Gasteiger partial charge in [0.15, 0.2) is 0 Å². The Hall–Kier alpha value is -2.11. The molecule has 0 spiro atoms. The molecule has 0 amide bonds. The van der Waals surface area contributed by atoms with Gasteiger partial charge in [-0.15, -0.1) is 0 Å². The number of nitrogens with zero attached hydrogens (tertiary/aromatic N) is 3. The summed E-state index contributed by atoms with van der Waals surface area (Å²) in [6.45, 7) is 2.02. The number of hydrogen-bond donors (Lipinski definition) is 3. The molecule has 0 aliphatic rings. The summed E-state index contributed by atoms with van der Waals surface area (Å²) in [4.78, 5) is 7.87. The van der Waals surface area contributed by atoms with Crippen LogP contribution >= 0.6 is 0 Å². The molecule has 2 heterocycles. The fourth-order valence-corrected chi connectivity index (χ4v) is 1.25. The molecule has 0 bridgehead atoms. The van der Waals surface area contributed by atoms with Gasteiger partial charge in [-0.1, -0.05) is 0 Å². The SMILES string of the molecule is CC(Nc1cc(N)ncn1)c1cn[nH]c1. The zero-order chi connectivity index (χ0) is 10.7. The van der Waals surface area contributed by atoms with E-state index in [1.165, 1.54) is 6.33 Å². The summed E-state index contributed by atoms with van der Waals surface area (Å²) in [5.41, 5.74) is 6.61. The van der Waals surface area contributed by atoms with Crippen molar-refractivity contribution in [2.75, 3.05) is 11.1 Å². The third kappa shape index (κ3) is 2.22. The maximum absolute atomic E-state index is 5.54. The van der Waals surface area contributed by atoms with E-state index in [0.717, 1.165) is 5.56 Å². The summed E-state index contributed by atoms with van der Waals surface area (Å²) in [6.07, 6.45) is 5.03. The zero-order valence-electron chi connectivity index (χ0n) is 8.31. The number of hydrogen-bond acceptors (Lipinski definition) is 5. The molecule has 6 heteroatoms. The Kier molecular flexibility index (Phi) is 2.49. The molecule has 2 aromatic rings. The zero-order valence-corrected chi connectivity index (χ0v) is 8.31. The van der Waals surface area contributed by atoms with Crippen molar-refractivity contribution in [1.82, 2.24) is 20.2 Å². The van der Waals surface area contributed by atoms with Gasteiger partial charge in [0.2, 0.25) is 0 Å². The van der Waals surface area contributed by atoms with Crippen LogP contribution in [0.3, 0.4) is 0 Å². The lowest BCUT2D eigenvalue weighted by molar-refractivity contribution is 0.873. The Morgan fingerprint density at radius 3 is 3.00 bits per heavy atom. The second kappa shape index (κ2) is 3.95. The molecule has 78 valence electrons. The topological polar surface area (TPSA) is 92.5 Å². The van der Waals surface area contributed by atoms with Gasteiger partial charge in [0.05, 0.1) is 12.2 Å². The molecule has 0 radical (unpaired) electrons. The third-order valence-corrected chi connectivity index (χ3v) is 2.07. The van der Waals surface area contributed by atoms with Crippen molar-refractivity contribution < 1.29 is 0 Å². The first-order chi connectivity index (χ1) is 7.25. The van der Waals surface area contributed by atoms with E-state index in [1.54, 1.807) is 12.3 Å². The molecule has 4 N–H and O–H groups in total. The number of aromatic amines is 1. The lowest BCUT2D eigenvalue weighted by Gasteiger charge is -2.12. The predicted molar refractivity (Wildman–Crippen MR) is 57.1 cm³/mol. The molecule has 0 fully saturated rings. The molecule has 0 saturated carbocycles. The molecule has 1 unspecified atom stereocenters. The van der Waals surface area contributed by atoms with Crippen LogP contribution in [-0.4, -0.2) is 20.2 Å². The van der Waals surface area contributed by atoms with Gasteiger partial charge in [-0.25, -0.2) is 9.97 Å². The van der Waals surface area contributed by atoms with Gasteiger partial charge in [0, 0.05) is 17.8 Å². The van der Waals surface area contributed by atoms with Crippen molar-refractivity contribution >= 4 is 11.6 Å². The monoisotopic (exact) mass is 204 g/mol. The molecular weight excluding hydrogens is 192 g/mol. The molecule has 1 atom stereocenters. The summed E-state index contributed by atoms with van der Waals surface area (Å²) in [7, 11) is 0.